The fourth-order valence-corrected chi connectivity index (χ4v) is 1.44. The molecule has 1 N–H and O–H groups in total. The summed E-state index contributed by atoms with van der Waals surface area (Å²) < 4.78 is 1.71. The lowest BCUT2D eigenvalue weighted by Crippen LogP contribution is -2.02. The van der Waals surface area contributed by atoms with Crippen molar-refractivity contribution in [2.24, 2.45) is 0 Å². The normalized spacial score (nSPS) is 9.60. The van der Waals surface area contributed by atoms with Crippen molar-refractivity contribution in [3.05, 3.63) is 42.1 Å². The van der Waals surface area contributed by atoms with Crippen molar-refractivity contribution in [1.29, 1.82) is 5.26 Å². The number of rotatable bonds is 2. The monoisotopic (exact) mass is 198 g/mol. The van der Waals surface area contributed by atoms with E-state index in [0.29, 0.717) is 11.4 Å². The quantitative estimate of drug-likeness (QED) is 0.800. The van der Waals surface area contributed by atoms with Gasteiger partial charge >= 0.3 is 0 Å². The average molecular weight is 198 g/mol. The van der Waals surface area contributed by atoms with Gasteiger partial charge in [-0.05, 0) is 12.1 Å². The molecule has 0 saturated carbocycles. The van der Waals surface area contributed by atoms with E-state index in [9.17, 15) is 0 Å². The predicted molar refractivity (Wildman–Crippen MR) is 57.8 cm³/mol. The lowest BCUT2D eigenvalue weighted by atomic mass is 10.3. The Bertz CT molecular complexity index is 493. The molecule has 1 aromatic heterocycles. The molecule has 0 spiro atoms. The Hall–Kier alpha value is -2.28. The van der Waals surface area contributed by atoms with Crippen LogP contribution in [0.2, 0.25) is 0 Å². The summed E-state index contributed by atoms with van der Waals surface area (Å²) in [7, 11) is 1.78. The molecule has 0 amide bonds. The van der Waals surface area contributed by atoms with Crippen LogP contribution >= 0.6 is 0 Å². The Morgan fingerprint density at radius 1 is 1.33 bits per heavy atom. The summed E-state index contributed by atoms with van der Waals surface area (Å²) in [6.45, 7) is 0. The molecule has 1 heterocycles. The van der Waals surface area contributed by atoms with E-state index in [4.69, 9.17) is 5.26 Å². The minimum absolute atomic E-state index is 0.543. The smallest absolute Gasteiger partial charge is 0.147 e. The van der Waals surface area contributed by atoms with Crippen molar-refractivity contribution < 1.29 is 0 Å². The highest BCUT2D eigenvalue weighted by Crippen LogP contribution is 2.18. The number of nitrogens with zero attached hydrogens (tertiary/aromatic N) is 3. The van der Waals surface area contributed by atoms with Crippen LogP contribution in [-0.4, -0.2) is 16.8 Å². The van der Waals surface area contributed by atoms with Gasteiger partial charge in [0.1, 0.15) is 17.5 Å². The molecular formula is C11H10N4. The summed E-state index contributed by atoms with van der Waals surface area (Å²) in [4.78, 5) is 0. The third kappa shape index (κ3) is 1.55. The third-order valence-electron chi connectivity index (χ3n) is 2.13. The van der Waals surface area contributed by atoms with Crippen LogP contribution in [0, 0.1) is 11.3 Å². The van der Waals surface area contributed by atoms with E-state index in [1.807, 2.05) is 30.3 Å². The van der Waals surface area contributed by atoms with Crippen molar-refractivity contribution in [3.8, 4) is 11.8 Å². The van der Waals surface area contributed by atoms with Gasteiger partial charge in [0, 0.05) is 7.05 Å². The number of benzene rings is 1. The molecule has 0 unspecified atom stereocenters. The fourth-order valence-electron chi connectivity index (χ4n) is 1.44. The second-order valence-electron chi connectivity index (χ2n) is 3.02. The summed E-state index contributed by atoms with van der Waals surface area (Å²) in [6, 6.07) is 11.8. The zero-order valence-electron chi connectivity index (χ0n) is 8.31. The van der Waals surface area contributed by atoms with Crippen molar-refractivity contribution >= 4 is 5.82 Å². The van der Waals surface area contributed by atoms with E-state index in [1.54, 1.807) is 17.9 Å². The molecule has 2 rings (SSSR count). The van der Waals surface area contributed by atoms with E-state index in [1.165, 1.54) is 0 Å². The number of nitriles is 1. The molecule has 0 bridgehead atoms. The van der Waals surface area contributed by atoms with Gasteiger partial charge in [-0.25, -0.2) is 4.68 Å². The minimum atomic E-state index is 0.543. The minimum Gasteiger partial charge on any atom is -0.372 e. The van der Waals surface area contributed by atoms with Crippen LogP contribution in [0.25, 0.3) is 5.69 Å². The third-order valence-corrected chi connectivity index (χ3v) is 2.13. The van der Waals surface area contributed by atoms with Crippen LogP contribution < -0.4 is 5.32 Å². The number of hydrogen-bond acceptors (Lipinski definition) is 3. The van der Waals surface area contributed by atoms with E-state index in [2.05, 4.69) is 16.5 Å². The summed E-state index contributed by atoms with van der Waals surface area (Å²) in [6.07, 6.45) is 1.55. The number of aromatic nitrogens is 2. The molecule has 74 valence electrons. The van der Waals surface area contributed by atoms with E-state index in [0.717, 1.165) is 5.69 Å². The molecule has 0 fully saturated rings. The van der Waals surface area contributed by atoms with Gasteiger partial charge in [0.05, 0.1) is 11.9 Å². The van der Waals surface area contributed by atoms with Gasteiger partial charge in [0.15, 0.2) is 0 Å². The summed E-state index contributed by atoms with van der Waals surface area (Å²) in [5.74, 6) is 0.712. The van der Waals surface area contributed by atoms with Gasteiger partial charge in [-0.1, -0.05) is 18.2 Å². The second kappa shape index (κ2) is 3.84. The maximum absolute atomic E-state index is 8.87. The van der Waals surface area contributed by atoms with Gasteiger partial charge in [-0.3, -0.25) is 0 Å². The van der Waals surface area contributed by atoms with E-state index >= 15 is 0 Å². The average Bonchev–Trinajstić information content (AvgIpc) is 2.72. The van der Waals surface area contributed by atoms with Gasteiger partial charge in [-0.2, -0.15) is 10.4 Å². The molecule has 4 nitrogen and oxygen atoms in total. The Labute approximate surface area is 87.8 Å². The molecule has 4 heteroatoms. The first-order valence-corrected chi connectivity index (χ1v) is 4.58. The maximum Gasteiger partial charge on any atom is 0.147 e. The zero-order valence-corrected chi connectivity index (χ0v) is 8.31. The van der Waals surface area contributed by atoms with Gasteiger partial charge < -0.3 is 5.32 Å². The number of para-hydroxylation sites is 1. The molecular weight excluding hydrogens is 188 g/mol. The van der Waals surface area contributed by atoms with Crippen LogP contribution in [0.3, 0.4) is 0 Å². The topological polar surface area (TPSA) is 53.6 Å². The summed E-state index contributed by atoms with van der Waals surface area (Å²) >= 11 is 0. The van der Waals surface area contributed by atoms with Crippen molar-refractivity contribution in [2.75, 3.05) is 12.4 Å². The summed E-state index contributed by atoms with van der Waals surface area (Å²) in [5.41, 5.74) is 1.48. The SMILES string of the molecule is CNc1c(C#N)cnn1-c1ccccc1. The number of nitrogens with one attached hydrogen (secondary N) is 1. The highest BCUT2D eigenvalue weighted by Gasteiger charge is 2.09. The Morgan fingerprint density at radius 2 is 2.07 bits per heavy atom. The first-order valence-electron chi connectivity index (χ1n) is 4.58. The van der Waals surface area contributed by atoms with Crippen molar-refractivity contribution in [2.45, 2.75) is 0 Å². The molecule has 0 atom stereocenters. The van der Waals surface area contributed by atoms with E-state index in [-0.39, 0.29) is 0 Å². The Balaban J connectivity index is 2.55. The predicted octanol–water partition coefficient (Wildman–Crippen LogP) is 1.79. The zero-order chi connectivity index (χ0) is 10.7. The van der Waals surface area contributed by atoms with Crippen molar-refractivity contribution in [3.63, 3.8) is 0 Å². The highest BCUT2D eigenvalue weighted by molar-refractivity contribution is 5.55. The first kappa shape index (κ1) is 9.28. The van der Waals surface area contributed by atoms with E-state index < -0.39 is 0 Å². The largest absolute Gasteiger partial charge is 0.372 e. The van der Waals surface area contributed by atoms with Gasteiger partial charge in [-0.15, -0.1) is 0 Å². The molecule has 0 saturated heterocycles. The lowest BCUT2D eigenvalue weighted by molar-refractivity contribution is 0.885. The Morgan fingerprint density at radius 3 is 2.67 bits per heavy atom. The van der Waals surface area contributed by atoms with Gasteiger partial charge in [0.2, 0.25) is 0 Å². The Kier molecular flexibility index (Phi) is 2.38. The molecule has 1 aromatic carbocycles. The molecule has 0 aliphatic heterocycles. The lowest BCUT2D eigenvalue weighted by Gasteiger charge is -2.06. The van der Waals surface area contributed by atoms with Crippen LogP contribution in [-0.2, 0) is 0 Å². The summed E-state index contributed by atoms with van der Waals surface area (Å²) in [5, 5.41) is 16.0. The number of anilines is 1. The molecule has 15 heavy (non-hydrogen) atoms. The fraction of sp³-hybridized carbons (Fsp3) is 0.0909. The standard InChI is InChI=1S/C11H10N4/c1-13-11-9(7-12)8-14-15(11)10-5-3-2-4-6-10/h2-6,8,13H,1H3. The van der Waals surface area contributed by atoms with Gasteiger partial charge in [0.25, 0.3) is 0 Å². The molecule has 0 radical (unpaired) electrons. The second-order valence-corrected chi connectivity index (χ2v) is 3.02. The van der Waals surface area contributed by atoms with Crippen molar-refractivity contribution in [1.82, 2.24) is 9.78 Å². The maximum atomic E-state index is 8.87. The molecule has 2 aromatic rings. The number of hydrogen-bond donors (Lipinski definition) is 1. The van der Waals surface area contributed by atoms with Crippen LogP contribution in [0.5, 0.6) is 0 Å². The first-order chi connectivity index (χ1) is 7.36. The van der Waals surface area contributed by atoms with Crippen LogP contribution in [0.15, 0.2) is 36.5 Å². The van der Waals surface area contributed by atoms with Crippen LogP contribution in [0.1, 0.15) is 5.56 Å². The molecule has 0 aliphatic carbocycles. The molecule has 0 aliphatic rings. The van der Waals surface area contributed by atoms with Crippen LogP contribution in [0.4, 0.5) is 5.82 Å². The highest BCUT2D eigenvalue weighted by atomic mass is 15.3.